The third-order valence-electron chi connectivity index (χ3n) is 3.61. The molecule has 14 heavy (non-hydrogen) atoms. The number of rotatable bonds is 5. The molecule has 2 atom stereocenters. The highest BCUT2D eigenvalue weighted by Gasteiger charge is 2.23. The van der Waals surface area contributed by atoms with Crippen LogP contribution in [0.2, 0.25) is 0 Å². The van der Waals surface area contributed by atoms with Crippen LogP contribution >= 0.6 is 0 Å². The van der Waals surface area contributed by atoms with E-state index in [1.54, 1.807) is 0 Å². The maximum atomic E-state index is 10.1. The van der Waals surface area contributed by atoms with Crippen LogP contribution in [0.1, 0.15) is 46.0 Å². The average Bonchev–Trinajstić information content (AvgIpc) is 2.26. The Morgan fingerprint density at radius 2 is 2.07 bits per heavy atom. The number of hydrogen-bond donors (Lipinski definition) is 2. The summed E-state index contributed by atoms with van der Waals surface area (Å²) in [5, 5.41) is 13.4. The molecule has 0 radical (unpaired) electrons. The largest absolute Gasteiger partial charge is 0.393 e. The van der Waals surface area contributed by atoms with Crippen molar-refractivity contribution in [1.29, 1.82) is 0 Å². The van der Waals surface area contributed by atoms with Gasteiger partial charge in [-0.05, 0) is 37.6 Å². The summed E-state index contributed by atoms with van der Waals surface area (Å²) in [6, 6.07) is 0. The quantitative estimate of drug-likeness (QED) is 0.711. The van der Waals surface area contributed by atoms with Crippen LogP contribution in [0.25, 0.3) is 0 Å². The molecule has 1 aliphatic heterocycles. The molecule has 2 N–H and O–H groups in total. The van der Waals surface area contributed by atoms with E-state index in [-0.39, 0.29) is 6.10 Å². The molecule has 0 saturated carbocycles. The van der Waals surface area contributed by atoms with Gasteiger partial charge in [-0.3, -0.25) is 0 Å². The zero-order chi connectivity index (χ0) is 10.4. The van der Waals surface area contributed by atoms with E-state index in [2.05, 4.69) is 19.2 Å². The third kappa shape index (κ3) is 3.58. The van der Waals surface area contributed by atoms with E-state index >= 15 is 0 Å². The summed E-state index contributed by atoms with van der Waals surface area (Å²) in [4.78, 5) is 0. The molecular weight excluding hydrogens is 174 g/mol. The monoisotopic (exact) mass is 199 g/mol. The van der Waals surface area contributed by atoms with Gasteiger partial charge in [0.25, 0.3) is 0 Å². The predicted octanol–water partition coefficient (Wildman–Crippen LogP) is 2.17. The standard InChI is InChI=1S/C12H25NO/c1-3-10(4-2)8-12(14)11-6-5-7-13-9-11/h10-14H,3-9H2,1-2H3. The highest BCUT2D eigenvalue weighted by atomic mass is 16.3. The lowest BCUT2D eigenvalue weighted by Gasteiger charge is -2.29. The van der Waals surface area contributed by atoms with Crippen molar-refractivity contribution in [3.05, 3.63) is 0 Å². The SMILES string of the molecule is CCC(CC)CC(O)C1CCCNC1. The molecule has 84 valence electrons. The molecule has 0 spiro atoms. The van der Waals surface area contributed by atoms with Crippen molar-refractivity contribution in [1.82, 2.24) is 5.32 Å². The Balaban J connectivity index is 2.27. The Labute approximate surface area is 88.1 Å². The van der Waals surface area contributed by atoms with Crippen LogP contribution in [0.5, 0.6) is 0 Å². The Hall–Kier alpha value is -0.0800. The highest BCUT2D eigenvalue weighted by Crippen LogP contribution is 2.23. The molecule has 1 aliphatic rings. The number of aliphatic hydroxyl groups is 1. The van der Waals surface area contributed by atoms with Crippen molar-refractivity contribution in [2.75, 3.05) is 13.1 Å². The second kappa shape index (κ2) is 6.41. The molecule has 0 bridgehead atoms. The van der Waals surface area contributed by atoms with Gasteiger partial charge in [0.1, 0.15) is 0 Å². The van der Waals surface area contributed by atoms with Crippen LogP contribution in [-0.4, -0.2) is 24.3 Å². The van der Waals surface area contributed by atoms with Crippen LogP contribution < -0.4 is 5.32 Å². The molecule has 1 heterocycles. The number of aliphatic hydroxyl groups excluding tert-OH is 1. The minimum Gasteiger partial charge on any atom is -0.393 e. The first-order valence-corrected chi connectivity index (χ1v) is 6.16. The minimum atomic E-state index is -0.0762. The Kier molecular flexibility index (Phi) is 5.49. The van der Waals surface area contributed by atoms with Crippen molar-refractivity contribution in [2.45, 2.75) is 52.1 Å². The second-order valence-corrected chi connectivity index (χ2v) is 4.59. The maximum Gasteiger partial charge on any atom is 0.0583 e. The summed E-state index contributed by atoms with van der Waals surface area (Å²) in [5.41, 5.74) is 0. The van der Waals surface area contributed by atoms with Gasteiger partial charge in [-0.25, -0.2) is 0 Å². The maximum absolute atomic E-state index is 10.1. The second-order valence-electron chi connectivity index (χ2n) is 4.59. The molecular formula is C12H25NO. The summed E-state index contributed by atoms with van der Waals surface area (Å²) in [7, 11) is 0. The lowest BCUT2D eigenvalue weighted by Crippen LogP contribution is -2.37. The van der Waals surface area contributed by atoms with Crippen LogP contribution in [0.15, 0.2) is 0 Å². The lowest BCUT2D eigenvalue weighted by atomic mass is 9.86. The fourth-order valence-electron chi connectivity index (χ4n) is 2.36. The summed E-state index contributed by atoms with van der Waals surface area (Å²) < 4.78 is 0. The average molecular weight is 199 g/mol. The van der Waals surface area contributed by atoms with Crippen molar-refractivity contribution in [3.63, 3.8) is 0 Å². The first-order valence-electron chi connectivity index (χ1n) is 6.16. The van der Waals surface area contributed by atoms with E-state index in [1.807, 2.05) is 0 Å². The topological polar surface area (TPSA) is 32.3 Å². The summed E-state index contributed by atoms with van der Waals surface area (Å²) in [5.74, 6) is 1.22. The van der Waals surface area contributed by atoms with Crippen LogP contribution in [0.4, 0.5) is 0 Å². The van der Waals surface area contributed by atoms with E-state index < -0.39 is 0 Å². The van der Waals surface area contributed by atoms with Crippen molar-refractivity contribution in [3.8, 4) is 0 Å². The summed E-state index contributed by atoms with van der Waals surface area (Å²) in [6.07, 6.45) is 5.76. The number of hydrogen-bond acceptors (Lipinski definition) is 2. The fourth-order valence-corrected chi connectivity index (χ4v) is 2.36. The third-order valence-corrected chi connectivity index (χ3v) is 3.61. The molecule has 0 aliphatic carbocycles. The number of piperidine rings is 1. The summed E-state index contributed by atoms with van der Waals surface area (Å²) in [6.45, 7) is 6.59. The van der Waals surface area contributed by atoms with Gasteiger partial charge in [-0.1, -0.05) is 26.7 Å². The van der Waals surface area contributed by atoms with Crippen molar-refractivity contribution >= 4 is 0 Å². The van der Waals surface area contributed by atoms with Gasteiger partial charge in [0.05, 0.1) is 6.10 Å². The zero-order valence-corrected chi connectivity index (χ0v) is 9.63. The van der Waals surface area contributed by atoms with Gasteiger partial charge in [-0.2, -0.15) is 0 Å². The predicted molar refractivity (Wildman–Crippen MR) is 60.3 cm³/mol. The molecule has 1 saturated heterocycles. The van der Waals surface area contributed by atoms with E-state index in [0.717, 1.165) is 19.5 Å². The van der Waals surface area contributed by atoms with Crippen LogP contribution in [0, 0.1) is 11.8 Å². The Morgan fingerprint density at radius 1 is 1.36 bits per heavy atom. The Bertz CT molecular complexity index is 139. The van der Waals surface area contributed by atoms with Crippen molar-refractivity contribution in [2.24, 2.45) is 11.8 Å². The molecule has 0 aromatic heterocycles. The van der Waals surface area contributed by atoms with Crippen LogP contribution in [0.3, 0.4) is 0 Å². The van der Waals surface area contributed by atoms with Gasteiger partial charge < -0.3 is 10.4 Å². The van der Waals surface area contributed by atoms with E-state index in [9.17, 15) is 5.11 Å². The molecule has 1 fully saturated rings. The van der Waals surface area contributed by atoms with Gasteiger partial charge in [0, 0.05) is 6.54 Å². The van der Waals surface area contributed by atoms with E-state index in [0.29, 0.717) is 11.8 Å². The minimum absolute atomic E-state index is 0.0762. The fraction of sp³-hybridized carbons (Fsp3) is 1.00. The molecule has 1 rings (SSSR count). The lowest BCUT2D eigenvalue weighted by molar-refractivity contribution is 0.0672. The van der Waals surface area contributed by atoms with E-state index in [4.69, 9.17) is 0 Å². The first kappa shape index (κ1) is 12.0. The molecule has 0 aromatic carbocycles. The molecule has 0 amide bonds. The van der Waals surface area contributed by atoms with Crippen molar-refractivity contribution < 1.29 is 5.11 Å². The first-order chi connectivity index (χ1) is 6.77. The van der Waals surface area contributed by atoms with E-state index in [1.165, 1.54) is 25.7 Å². The van der Waals surface area contributed by atoms with Gasteiger partial charge >= 0.3 is 0 Å². The highest BCUT2D eigenvalue weighted by molar-refractivity contribution is 4.77. The number of nitrogens with one attached hydrogen (secondary N) is 1. The Morgan fingerprint density at radius 3 is 2.57 bits per heavy atom. The molecule has 2 unspecified atom stereocenters. The summed E-state index contributed by atoms with van der Waals surface area (Å²) >= 11 is 0. The molecule has 2 heteroatoms. The normalized spacial score (nSPS) is 25.3. The van der Waals surface area contributed by atoms with Crippen LogP contribution in [-0.2, 0) is 0 Å². The smallest absolute Gasteiger partial charge is 0.0583 e. The van der Waals surface area contributed by atoms with Gasteiger partial charge in [0.15, 0.2) is 0 Å². The zero-order valence-electron chi connectivity index (χ0n) is 9.63. The van der Waals surface area contributed by atoms with Gasteiger partial charge in [-0.15, -0.1) is 0 Å². The molecule has 0 aromatic rings. The molecule has 2 nitrogen and oxygen atoms in total. The van der Waals surface area contributed by atoms with Gasteiger partial charge in [0.2, 0.25) is 0 Å².